The number of aliphatic hydroxyl groups excluding tert-OH is 9. The van der Waals surface area contributed by atoms with Gasteiger partial charge in [-0.15, -0.1) is 10.2 Å². The SMILES string of the molecule is CCC1CC(C(=O)NCCNC(=O)NCCNC(=O)C2CC(n3cc(-c4cccc(F)c4)nn3)C(O)[C@H](O[C@@H]3OC(CO)[C@H](O)C(n4cc(-c5cccc(F)c5)nn4)C3O)C2)C[C@@H](O[C@@H]2OC(CO)[C@H](O)C(O[C@@H](CC3CCCCC3)C(=O)N3CCC3)C2NC(C)=O)C1O[C@@H]1OC(C)[C@@H](O)C(O)C1O. The van der Waals surface area contributed by atoms with E-state index in [2.05, 4.69) is 47.2 Å². The van der Waals surface area contributed by atoms with Gasteiger partial charge in [-0.1, -0.05) is 80.1 Å². The molecule has 35 heteroatoms. The summed E-state index contributed by atoms with van der Waals surface area (Å²) in [5.74, 6) is -5.02. The number of likely N-dealkylation sites (tertiary alicyclic amines) is 1. The first-order chi connectivity index (χ1) is 50.0. The molecule has 4 aliphatic heterocycles. The molecule has 574 valence electrons. The molecule has 7 aliphatic rings. The van der Waals surface area contributed by atoms with Crippen LogP contribution in [0.2, 0.25) is 0 Å². The van der Waals surface area contributed by atoms with Gasteiger partial charge in [0.15, 0.2) is 18.9 Å². The Morgan fingerprint density at radius 3 is 1.78 bits per heavy atom. The van der Waals surface area contributed by atoms with Crippen molar-refractivity contribution >= 4 is 29.7 Å². The van der Waals surface area contributed by atoms with Crippen LogP contribution in [0.25, 0.3) is 22.5 Å². The first kappa shape index (κ1) is 78.2. The van der Waals surface area contributed by atoms with E-state index in [4.69, 9.17) is 33.2 Å². The van der Waals surface area contributed by atoms with Crippen molar-refractivity contribution in [2.45, 2.75) is 226 Å². The maximum atomic E-state index is 14.3. The number of rotatable bonds is 27. The second-order valence-electron chi connectivity index (χ2n) is 28.3. The van der Waals surface area contributed by atoms with E-state index in [9.17, 15) is 78.7 Å². The van der Waals surface area contributed by atoms with Crippen molar-refractivity contribution in [3.8, 4) is 22.5 Å². The largest absolute Gasteiger partial charge is 0.394 e. The summed E-state index contributed by atoms with van der Waals surface area (Å²) in [7, 11) is 0. The fourth-order valence-corrected chi connectivity index (χ4v) is 15.3. The summed E-state index contributed by atoms with van der Waals surface area (Å²) in [5.41, 5.74) is 1.16. The zero-order valence-corrected chi connectivity index (χ0v) is 58.2. The lowest BCUT2D eigenvalue weighted by atomic mass is 9.75. The number of hydrogen-bond acceptors (Lipinski definition) is 25. The van der Waals surface area contributed by atoms with E-state index < -0.39 is 195 Å². The van der Waals surface area contributed by atoms with Gasteiger partial charge in [-0.05, 0) is 81.5 Å². The molecule has 15 unspecified atom stereocenters. The van der Waals surface area contributed by atoms with Crippen molar-refractivity contribution in [2.75, 3.05) is 52.5 Å². The quantitative estimate of drug-likeness (QED) is 0.0317. The number of amides is 6. The minimum absolute atomic E-state index is 0.0453. The second kappa shape index (κ2) is 35.7. The number of aromatic nitrogens is 6. The number of urea groups is 1. The molecule has 0 radical (unpaired) electrons. The molecule has 24 atom stereocenters. The highest BCUT2D eigenvalue weighted by Crippen LogP contribution is 2.43. The average Bonchev–Trinajstić information content (AvgIpc) is 1.23. The molecule has 2 aromatic carbocycles. The number of hydrogen-bond donors (Lipinski definition) is 14. The Hall–Kier alpha value is -6.91. The molecular formula is C69H98F2N12O21. The van der Waals surface area contributed by atoms with Crippen LogP contribution in [0.5, 0.6) is 0 Å². The van der Waals surface area contributed by atoms with Crippen LogP contribution in [0.3, 0.4) is 0 Å². The van der Waals surface area contributed by atoms with Crippen LogP contribution in [-0.2, 0) is 52.3 Å². The molecule has 104 heavy (non-hydrogen) atoms. The average molecular weight is 1470 g/mol. The topological polar surface area (TPSA) is 457 Å². The summed E-state index contributed by atoms with van der Waals surface area (Å²) in [4.78, 5) is 70.7. The minimum atomic E-state index is -1.74. The van der Waals surface area contributed by atoms with Gasteiger partial charge in [0.25, 0.3) is 5.91 Å². The van der Waals surface area contributed by atoms with Gasteiger partial charge in [0.1, 0.15) is 102 Å². The Kier molecular flexibility index (Phi) is 26.8. The van der Waals surface area contributed by atoms with E-state index in [1.54, 1.807) is 17.0 Å². The summed E-state index contributed by atoms with van der Waals surface area (Å²) in [5, 5.41) is 131. The molecule has 14 N–H and O–H groups in total. The molecule has 0 spiro atoms. The number of nitrogens with one attached hydrogen (secondary N) is 5. The lowest BCUT2D eigenvalue weighted by molar-refractivity contribution is -0.338. The van der Waals surface area contributed by atoms with Gasteiger partial charge in [-0.25, -0.2) is 22.9 Å². The lowest BCUT2D eigenvalue weighted by Crippen LogP contribution is -2.67. The van der Waals surface area contributed by atoms with E-state index in [0.29, 0.717) is 37.1 Å². The van der Waals surface area contributed by atoms with Gasteiger partial charge in [-0.2, -0.15) is 0 Å². The van der Waals surface area contributed by atoms with Crippen LogP contribution in [-0.4, -0.2) is 279 Å². The Bertz CT molecular complexity index is 3500. The van der Waals surface area contributed by atoms with Crippen LogP contribution >= 0.6 is 0 Å². The van der Waals surface area contributed by atoms with Crippen LogP contribution in [0.4, 0.5) is 13.6 Å². The number of halogens is 2. The summed E-state index contributed by atoms with van der Waals surface area (Å²) in [6, 6.07) is 6.76. The molecular weight excluding hydrogens is 1370 g/mol. The van der Waals surface area contributed by atoms with Crippen molar-refractivity contribution in [3.05, 3.63) is 72.6 Å². The van der Waals surface area contributed by atoms with Crippen molar-refractivity contribution in [3.63, 3.8) is 0 Å². The van der Waals surface area contributed by atoms with Gasteiger partial charge >= 0.3 is 6.03 Å². The Balaban J connectivity index is 0.720. The fourth-order valence-electron chi connectivity index (χ4n) is 15.3. The van der Waals surface area contributed by atoms with Crippen molar-refractivity contribution in [1.29, 1.82) is 0 Å². The van der Waals surface area contributed by atoms with Crippen LogP contribution in [0.1, 0.15) is 110 Å². The maximum absolute atomic E-state index is 14.3. The molecule has 3 aliphatic carbocycles. The van der Waals surface area contributed by atoms with Gasteiger partial charge in [0.2, 0.25) is 17.7 Å². The third kappa shape index (κ3) is 18.5. The van der Waals surface area contributed by atoms with E-state index in [1.165, 1.54) is 67.3 Å². The van der Waals surface area contributed by atoms with Crippen LogP contribution in [0.15, 0.2) is 60.9 Å². The van der Waals surface area contributed by atoms with Crippen LogP contribution < -0.4 is 26.6 Å². The van der Waals surface area contributed by atoms with Crippen molar-refractivity contribution in [1.82, 2.24) is 61.5 Å². The third-order valence-electron chi connectivity index (χ3n) is 21.2. The van der Waals surface area contributed by atoms with Crippen molar-refractivity contribution in [2.24, 2.45) is 23.7 Å². The van der Waals surface area contributed by atoms with Gasteiger partial charge in [0.05, 0.1) is 56.1 Å². The smallest absolute Gasteiger partial charge is 0.314 e. The molecule has 11 rings (SSSR count). The second-order valence-corrected chi connectivity index (χ2v) is 28.3. The van der Waals surface area contributed by atoms with E-state index >= 15 is 0 Å². The summed E-state index contributed by atoms with van der Waals surface area (Å²) < 4.78 is 75.4. The highest BCUT2D eigenvalue weighted by molar-refractivity contribution is 5.82. The first-order valence-electron chi connectivity index (χ1n) is 36.1. The highest BCUT2D eigenvalue weighted by Gasteiger charge is 2.55. The van der Waals surface area contributed by atoms with E-state index in [-0.39, 0.29) is 75.1 Å². The van der Waals surface area contributed by atoms with E-state index in [0.717, 1.165) is 43.2 Å². The Labute approximate surface area is 598 Å². The summed E-state index contributed by atoms with van der Waals surface area (Å²) in [6.45, 7) is 3.83. The summed E-state index contributed by atoms with van der Waals surface area (Å²) in [6.07, 6.45) is -16.4. The van der Waals surface area contributed by atoms with Crippen molar-refractivity contribution < 1.29 is 112 Å². The summed E-state index contributed by atoms with van der Waals surface area (Å²) >= 11 is 0. The Morgan fingerprint density at radius 2 is 1.18 bits per heavy atom. The zero-order valence-electron chi connectivity index (χ0n) is 58.2. The number of nitrogens with zero attached hydrogens (tertiary/aromatic N) is 7. The predicted octanol–water partition coefficient (Wildman–Crippen LogP) is -1.04. The number of benzene rings is 2. The molecule has 6 amide bonds. The molecule has 4 aromatic rings. The fraction of sp³-hybridized carbons (Fsp3) is 0.696. The standard InChI is InChI=1S/C69H98F2N12O21/c1-4-37-24-40(29-48(61(37)104-68-60(93)59(92)54(87)34(2)98-68)101-66-52(76-35(3)86)62(57(90)51(33-85)102-66)99-49(65(96)81-21-10-22-81)23-36-11-6-5-7-12-36)63(94)72-17-19-74-69(97)75-20-18-73-64(95)41-27-46(82-30-44(77-79-82)38-13-8-15-42(70)25-38)55(88)47(28-41)100-67-58(91)53(56(89)50(32-84)103-67)83-31-45(78-80-83)39-14-9-16-43(71)26-39/h8-9,13-16,25-26,30-31,34,36-37,40-41,46-62,66-68,84-85,87-93H,4-7,10-12,17-24,27-29,32-33H2,1-3H3,(H,72,94)(H,73,95)(H,76,86)(H2,74,75,97)/t34?,37?,40?,41?,46?,47-,48-,49+,50?,51?,52?,53?,54-,55?,56+,57+,58?,59?,60?,61?,62?,66-,67-,68+/m1/s1. The normalized spacial score (nSPS) is 34.3. The maximum Gasteiger partial charge on any atom is 0.314 e. The minimum Gasteiger partial charge on any atom is -0.394 e. The zero-order chi connectivity index (χ0) is 74.0. The van der Waals surface area contributed by atoms with Gasteiger partial charge < -0.3 is 111 Å². The molecule has 6 heterocycles. The number of carbonyl (C=O) groups excluding carboxylic acids is 5. The van der Waals surface area contributed by atoms with Gasteiger partial charge in [0, 0.05) is 69.2 Å². The predicted molar refractivity (Wildman–Crippen MR) is 357 cm³/mol. The lowest BCUT2D eigenvalue weighted by Gasteiger charge is -2.49. The molecule has 7 fully saturated rings. The third-order valence-corrected chi connectivity index (χ3v) is 21.2. The number of carbonyl (C=O) groups is 5. The number of aliphatic hydroxyl groups is 9. The van der Waals surface area contributed by atoms with Crippen LogP contribution in [0, 0.1) is 35.3 Å². The Morgan fingerprint density at radius 1 is 0.615 bits per heavy atom. The highest BCUT2D eigenvalue weighted by atomic mass is 19.1. The van der Waals surface area contributed by atoms with E-state index in [1.807, 2.05) is 6.92 Å². The molecule has 33 nitrogen and oxygen atoms in total. The molecule has 2 aromatic heterocycles. The van der Waals surface area contributed by atoms with Gasteiger partial charge in [-0.3, -0.25) is 19.2 Å². The first-order valence-corrected chi connectivity index (χ1v) is 36.1. The molecule has 0 bridgehead atoms. The molecule has 3 saturated carbocycles. The monoisotopic (exact) mass is 1470 g/mol. The molecule has 4 saturated heterocycles. The number of ether oxygens (including phenoxy) is 7.